The quantitative estimate of drug-likeness (QED) is 0.739. The number of aryl methyl sites for hydroxylation is 1. The van der Waals surface area contributed by atoms with Crippen LogP contribution in [0.2, 0.25) is 10.0 Å². The summed E-state index contributed by atoms with van der Waals surface area (Å²) in [5.74, 6) is 0. The third-order valence-corrected chi connectivity index (χ3v) is 5.71. The predicted molar refractivity (Wildman–Crippen MR) is 80.5 cm³/mol. The Morgan fingerprint density at radius 1 is 1.16 bits per heavy atom. The first-order chi connectivity index (χ1) is 8.80. The van der Waals surface area contributed by atoms with Crippen molar-refractivity contribution < 1.29 is 8.42 Å². The molecule has 0 aliphatic carbocycles. The van der Waals surface area contributed by atoms with Gasteiger partial charge in [-0.3, -0.25) is 0 Å². The zero-order valence-corrected chi connectivity index (χ0v) is 13.7. The Kier molecular flexibility index (Phi) is 6.12. The number of hydrogen-bond acceptors (Lipinski definition) is 2. The molecule has 0 spiro atoms. The van der Waals surface area contributed by atoms with Crippen molar-refractivity contribution in [1.82, 2.24) is 4.31 Å². The molecule has 19 heavy (non-hydrogen) atoms. The van der Waals surface area contributed by atoms with Crippen LogP contribution in [0.4, 0.5) is 0 Å². The van der Waals surface area contributed by atoms with E-state index < -0.39 is 10.0 Å². The van der Waals surface area contributed by atoms with Crippen molar-refractivity contribution in [3.63, 3.8) is 0 Å². The number of sulfonamides is 1. The lowest BCUT2D eigenvalue weighted by atomic mass is 10.2. The van der Waals surface area contributed by atoms with Crippen molar-refractivity contribution in [2.45, 2.75) is 38.0 Å². The first-order valence-electron chi connectivity index (χ1n) is 6.22. The molecule has 0 N–H and O–H groups in total. The van der Waals surface area contributed by atoms with E-state index >= 15 is 0 Å². The topological polar surface area (TPSA) is 37.4 Å². The highest BCUT2D eigenvalue weighted by Gasteiger charge is 2.24. The number of hydrogen-bond donors (Lipinski definition) is 0. The Labute approximate surface area is 125 Å². The van der Waals surface area contributed by atoms with Crippen LogP contribution in [0.15, 0.2) is 17.0 Å². The van der Waals surface area contributed by atoms with E-state index in [1.165, 1.54) is 16.4 Å². The van der Waals surface area contributed by atoms with Crippen molar-refractivity contribution in [3.05, 3.63) is 27.7 Å². The van der Waals surface area contributed by atoms with Crippen LogP contribution in [0.5, 0.6) is 0 Å². The lowest BCUT2D eigenvalue weighted by molar-refractivity contribution is 0.454. The second-order valence-electron chi connectivity index (χ2n) is 4.57. The molecule has 0 aromatic heterocycles. The van der Waals surface area contributed by atoms with E-state index in [9.17, 15) is 8.42 Å². The Balaban J connectivity index is 3.03. The van der Waals surface area contributed by atoms with Crippen LogP contribution in [0.1, 0.15) is 31.7 Å². The Bertz CT molecular complexity index is 544. The molecule has 0 atom stereocenters. The minimum absolute atomic E-state index is 0.120. The summed E-state index contributed by atoms with van der Waals surface area (Å²) in [6, 6.07) is 3.00. The van der Waals surface area contributed by atoms with Crippen LogP contribution in [-0.2, 0) is 10.0 Å². The molecule has 0 aliphatic rings. The largest absolute Gasteiger partial charge is 0.244 e. The Hall–Kier alpha value is -0.290. The van der Waals surface area contributed by atoms with Gasteiger partial charge in [-0.05, 0) is 31.0 Å². The first-order valence-corrected chi connectivity index (χ1v) is 8.42. The summed E-state index contributed by atoms with van der Waals surface area (Å²) < 4.78 is 26.2. The molecular formula is C13H19Cl2NO2S. The molecular weight excluding hydrogens is 305 g/mol. The molecule has 1 rings (SSSR count). The maximum Gasteiger partial charge on any atom is 0.244 e. The smallest absolute Gasteiger partial charge is 0.207 e. The van der Waals surface area contributed by atoms with Gasteiger partial charge in [0.1, 0.15) is 4.90 Å². The van der Waals surface area contributed by atoms with Gasteiger partial charge in [-0.25, -0.2) is 12.7 Å². The van der Waals surface area contributed by atoms with Crippen LogP contribution in [0.3, 0.4) is 0 Å². The second-order valence-corrected chi connectivity index (χ2v) is 7.39. The number of unbranched alkanes of at least 4 members (excludes halogenated alkanes) is 2. The van der Waals surface area contributed by atoms with E-state index in [0.717, 1.165) is 19.3 Å². The Morgan fingerprint density at radius 2 is 1.79 bits per heavy atom. The minimum atomic E-state index is -3.55. The van der Waals surface area contributed by atoms with Gasteiger partial charge in [0.15, 0.2) is 0 Å². The van der Waals surface area contributed by atoms with Crippen molar-refractivity contribution in [3.8, 4) is 0 Å². The van der Waals surface area contributed by atoms with Crippen molar-refractivity contribution in [2.24, 2.45) is 0 Å². The number of rotatable bonds is 6. The molecule has 0 fully saturated rings. The highest BCUT2D eigenvalue weighted by Crippen LogP contribution is 2.29. The van der Waals surface area contributed by atoms with Gasteiger partial charge in [-0.2, -0.15) is 0 Å². The van der Waals surface area contributed by atoms with Crippen LogP contribution in [0.25, 0.3) is 0 Å². The first kappa shape index (κ1) is 16.8. The zero-order valence-electron chi connectivity index (χ0n) is 11.4. The van der Waals surface area contributed by atoms with Gasteiger partial charge in [-0.15, -0.1) is 0 Å². The molecule has 0 bridgehead atoms. The van der Waals surface area contributed by atoms with Gasteiger partial charge >= 0.3 is 0 Å². The maximum atomic E-state index is 12.4. The van der Waals surface area contributed by atoms with Gasteiger partial charge in [0.25, 0.3) is 0 Å². The molecule has 108 valence electrons. The molecule has 0 saturated carbocycles. The summed E-state index contributed by atoms with van der Waals surface area (Å²) in [6.45, 7) is 4.33. The third kappa shape index (κ3) is 4.09. The summed E-state index contributed by atoms with van der Waals surface area (Å²) >= 11 is 11.9. The zero-order chi connectivity index (χ0) is 14.6. The van der Waals surface area contributed by atoms with Crippen LogP contribution in [-0.4, -0.2) is 26.3 Å². The van der Waals surface area contributed by atoms with Crippen molar-refractivity contribution in [1.29, 1.82) is 0 Å². The Morgan fingerprint density at radius 3 is 2.37 bits per heavy atom. The molecule has 0 aliphatic heterocycles. The lowest BCUT2D eigenvalue weighted by Crippen LogP contribution is -2.28. The SMILES string of the molecule is CCCCCN(C)S(=O)(=O)c1cc(C)c(Cl)cc1Cl. The normalized spacial score (nSPS) is 12.1. The summed E-state index contributed by atoms with van der Waals surface area (Å²) in [5, 5.41) is 0.635. The van der Waals surface area contributed by atoms with E-state index in [1.807, 2.05) is 0 Å². The van der Waals surface area contributed by atoms with E-state index in [1.54, 1.807) is 14.0 Å². The monoisotopic (exact) mass is 323 g/mol. The molecule has 0 unspecified atom stereocenters. The fraction of sp³-hybridized carbons (Fsp3) is 0.538. The fourth-order valence-corrected chi connectivity index (χ4v) is 3.71. The van der Waals surface area contributed by atoms with Crippen LogP contribution < -0.4 is 0 Å². The van der Waals surface area contributed by atoms with Crippen LogP contribution in [0, 0.1) is 6.92 Å². The maximum absolute atomic E-state index is 12.4. The summed E-state index contributed by atoms with van der Waals surface area (Å²) in [4.78, 5) is 0.120. The van der Waals surface area contributed by atoms with Crippen molar-refractivity contribution >= 4 is 33.2 Å². The number of nitrogens with zero attached hydrogens (tertiary/aromatic N) is 1. The third-order valence-electron chi connectivity index (χ3n) is 2.98. The van der Waals surface area contributed by atoms with E-state index in [2.05, 4.69) is 6.92 Å². The van der Waals surface area contributed by atoms with E-state index in [-0.39, 0.29) is 9.92 Å². The second kappa shape index (κ2) is 6.93. The van der Waals surface area contributed by atoms with Crippen molar-refractivity contribution in [2.75, 3.05) is 13.6 Å². The molecule has 0 amide bonds. The molecule has 1 aromatic rings. The molecule has 6 heteroatoms. The van der Waals surface area contributed by atoms with Crippen LogP contribution >= 0.6 is 23.2 Å². The van der Waals surface area contributed by atoms with E-state index in [4.69, 9.17) is 23.2 Å². The summed E-state index contributed by atoms with van der Waals surface area (Å²) in [7, 11) is -1.97. The standard InChI is InChI=1S/C13H19Cl2NO2S/c1-4-5-6-7-16(3)19(17,18)13-8-10(2)11(14)9-12(13)15/h8-9H,4-7H2,1-3H3. The summed E-state index contributed by atoms with van der Waals surface area (Å²) in [5.41, 5.74) is 0.701. The molecule has 3 nitrogen and oxygen atoms in total. The summed E-state index contributed by atoms with van der Waals surface area (Å²) in [6.07, 6.45) is 2.90. The van der Waals surface area contributed by atoms with Gasteiger partial charge in [0.05, 0.1) is 5.02 Å². The van der Waals surface area contributed by atoms with Gasteiger partial charge in [0.2, 0.25) is 10.0 Å². The number of halogens is 2. The molecule has 0 heterocycles. The average molecular weight is 324 g/mol. The highest BCUT2D eigenvalue weighted by atomic mass is 35.5. The molecule has 0 radical (unpaired) electrons. The average Bonchev–Trinajstić information content (AvgIpc) is 2.33. The molecule has 0 saturated heterocycles. The molecule has 1 aromatic carbocycles. The predicted octanol–water partition coefficient (Wildman–Crippen LogP) is 4.11. The van der Waals surface area contributed by atoms with Gasteiger partial charge < -0.3 is 0 Å². The van der Waals surface area contributed by atoms with E-state index in [0.29, 0.717) is 17.1 Å². The lowest BCUT2D eigenvalue weighted by Gasteiger charge is -2.18. The fourth-order valence-electron chi connectivity index (χ4n) is 1.70. The van der Waals surface area contributed by atoms with Gasteiger partial charge in [0, 0.05) is 18.6 Å². The van der Waals surface area contributed by atoms with Gasteiger partial charge in [-0.1, -0.05) is 43.0 Å². The minimum Gasteiger partial charge on any atom is -0.207 e. The number of benzene rings is 1. The highest BCUT2D eigenvalue weighted by molar-refractivity contribution is 7.89.